The highest BCUT2D eigenvalue weighted by molar-refractivity contribution is 5.95. The molecule has 0 radical (unpaired) electrons. The van der Waals surface area contributed by atoms with Gasteiger partial charge in [-0.1, -0.05) is 6.07 Å². The second-order valence-electron chi connectivity index (χ2n) is 4.08. The number of aromatic hydroxyl groups is 2. The maximum atomic E-state index is 11.5. The van der Waals surface area contributed by atoms with E-state index in [4.69, 9.17) is 15.3 Å². The van der Waals surface area contributed by atoms with Gasteiger partial charge >= 0.3 is 11.9 Å². The summed E-state index contributed by atoms with van der Waals surface area (Å²) in [5.74, 6) is -4.29. The second-order valence-corrected chi connectivity index (χ2v) is 4.08. The normalized spacial score (nSPS) is 12.0. The molecule has 5 N–H and O–H groups in total. The standard InChI is InChI=1S/C13H13NO7/c15-9-3-1-7(5-10(9)16)2-4-11(17)14-8(13(20)21)6-12(18)19/h1-5,8,15-16H,6H2,(H,14,17)(H,18,19)(H,20,21). The number of carboxylic acids is 2. The van der Waals surface area contributed by atoms with Gasteiger partial charge in [0.05, 0.1) is 6.42 Å². The van der Waals surface area contributed by atoms with Crippen molar-refractivity contribution < 1.29 is 34.8 Å². The number of aliphatic carboxylic acids is 2. The van der Waals surface area contributed by atoms with Crippen molar-refractivity contribution in [1.29, 1.82) is 0 Å². The quantitative estimate of drug-likeness (QED) is 0.371. The van der Waals surface area contributed by atoms with Crippen LogP contribution >= 0.6 is 0 Å². The molecular formula is C13H13NO7. The van der Waals surface area contributed by atoms with Crippen LogP contribution in [0.2, 0.25) is 0 Å². The first kappa shape index (κ1) is 16.0. The molecule has 0 heterocycles. The number of amides is 1. The Labute approximate surface area is 119 Å². The number of nitrogens with one attached hydrogen (secondary N) is 1. The van der Waals surface area contributed by atoms with Gasteiger partial charge in [-0.25, -0.2) is 4.79 Å². The fourth-order valence-electron chi connectivity index (χ4n) is 1.41. The van der Waals surface area contributed by atoms with E-state index >= 15 is 0 Å². The van der Waals surface area contributed by atoms with Crippen LogP contribution in [-0.2, 0) is 14.4 Å². The number of carbonyl (C=O) groups is 3. The van der Waals surface area contributed by atoms with Crippen LogP contribution in [0.25, 0.3) is 6.08 Å². The number of benzene rings is 1. The lowest BCUT2D eigenvalue weighted by atomic mass is 10.1. The Balaban J connectivity index is 2.70. The molecule has 0 aliphatic rings. The Bertz CT molecular complexity index is 594. The third-order valence-electron chi connectivity index (χ3n) is 2.42. The Morgan fingerprint density at radius 1 is 1.14 bits per heavy atom. The molecule has 0 spiro atoms. The Morgan fingerprint density at radius 3 is 2.33 bits per heavy atom. The van der Waals surface area contributed by atoms with E-state index in [-0.39, 0.29) is 11.5 Å². The van der Waals surface area contributed by atoms with Crippen molar-refractivity contribution in [3.8, 4) is 11.5 Å². The molecule has 1 atom stereocenters. The summed E-state index contributed by atoms with van der Waals surface area (Å²) in [6.45, 7) is 0. The molecule has 1 unspecified atom stereocenters. The van der Waals surface area contributed by atoms with Gasteiger partial charge in [0.15, 0.2) is 11.5 Å². The molecule has 1 aromatic rings. The fourth-order valence-corrected chi connectivity index (χ4v) is 1.41. The van der Waals surface area contributed by atoms with Crippen molar-refractivity contribution in [3.05, 3.63) is 29.8 Å². The van der Waals surface area contributed by atoms with Crippen molar-refractivity contribution in [2.75, 3.05) is 0 Å². The van der Waals surface area contributed by atoms with Gasteiger partial charge in [0.25, 0.3) is 0 Å². The van der Waals surface area contributed by atoms with E-state index in [1.807, 2.05) is 5.32 Å². The topological polar surface area (TPSA) is 144 Å². The van der Waals surface area contributed by atoms with E-state index < -0.39 is 30.3 Å². The second kappa shape index (κ2) is 6.94. The van der Waals surface area contributed by atoms with Gasteiger partial charge < -0.3 is 25.7 Å². The van der Waals surface area contributed by atoms with E-state index in [0.717, 1.165) is 6.08 Å². The number of hydrogen-bond acceptors (Lipinski definition) is 5. The van der Waals surface area contributed by atoms with Gasteiger partial charge in [-0.2, -0.15) is 0 Å². The van der Waals surface area contributed by atoms with Gasteiger partial charge in [-0.3, -0.25) is 9.59 Å². The van der Waals surface area contributed by atoms with E-state index in [1.165, 1.54) is 24.3 Å². The molecule has 0 bridgehead atoms. The summed E-state index contributed by atoms with van der Waals surface area (Å²) < 4.78 is 0. The summed E-state index contributed by atoms with van der Waals surface area (Å²) >= 11 is 0. The van der Waals surface area contributed by atoms with E-state index in [2.05, 4.69) is 0 Å². The van der Waals surface area contributed by atoms with Crippen molar-refractivity contribution in [3.63, 3.8) is 0 Å². The molecule has 0 saturated heterocycles. The monoisotopic (exact) mass is 295 g/mol. The van der Waals surface area contributed by atoms with Gasteiger partial charge in [0, 0.05) is 6.08 Å². The average Bonchev–Trinajstić information content (AvgIpc) is 2.38. The van der Waals surface area contributed by atoms with Crippen molar-refractivity contribution in [1.82, 2.24) is 5.32 Å². The minimum atomic E-state index is -1.53. The third-order valence-corrected chi connectivity index (χ3v) is 2.42. The lowest BCUT2D eigenvalue weighted by molar-refractivity contribution is -0.146. The smallest absolute Gasteiger partial charge is 0.326 e. The molecule has 0 aliphatic heterocycles. The number of hydrogen-bond donors (Lipinski definition) is 5. The molecule has 21 heavy (non-hydrogen) atoms. The third kappa shape index (κ3) is 5.23. The first-order valence-corrected chi connectivity index (χ1v) is 5.74. The SMILES string of the molecule is O=C(O)CC(NC(=O)C=Cc1ccc(O)c(O)c1)C(=O)O. The number of carbonyl (C=O) groups excluding carboxylic acids is 1. The number of rotatable bonds is 6. The van der Waals surface area contributed by atoms with Gasteiger partial charge in [0.2, 0.25) is 5.91 Å². The van der Waals surface area contributed by atoms with E-state index in [0.29, 0.717) is 5.56 Å². The zero-order valence-electron chi connectivity index (χ0n) is 10.7. The van der Waals surface area contributed by atoms with Gasteiger partial charge in [0.1, 0.15) is 6.04 Å². The maximum Gasteiger partial charge on any atom is 0.326 e. The van der Waals surface area contributed by atoms with Crippen LogP contribution in [0.15, 0.2) is 24.3 Å². The molecule has 0 fully saturated rings. The zero-order chi connectivity index (χ0) is 16.0. The van der Waals surface area contributed by atoms with Crippen LogP contribution in [0.5, 0.6) is 11.5 Å². The zero-order valence-corrected chi connectivity index (χ0v) is 10.7. The van der Waals surface area contributed by atoms with Crippen LogP contribution in [-0.4, -0.2) is 44.3 Å². The van der Waals surface area contributed by atoms with Crippen LogP contribution < -0.4 is 5.32 Å². The van der Waals surface area contributed by atoms with Crippen LogP contribution in [0, 0.1) is 0 Å². The minimum absolute atomic E-state index is 0.316. The molecule has 8 heteroatoms. The van der Waals surface area contributed by atoms with Crippen molar-refractivity contribution in [2.24, 2.45) is 0 Å². The highest BCUT2D eigenvalue weighted by Crippen LogP contribution is 2.25. The van der Waals surface area contributed by atoms with Crippen molar-refractivity contribution in [2.45, 2.75) is 12.5 Å². The molecule has 0 aromatic heterocycles. The van der Waals surface area contributed by atoms with E-state index in [1.54, 1.807) is 0 Å². The summed E-state index contributed by atoms with van der Waals surface area (Å²) in [5, 5.41) is 37.7. The molecular weight excluding hydrogens is 282 g/mol. The predicted molar refractivity (Wildman–Crippen MR) is 70.6 cm³/mol. The van der Waals surface area contributed by atoms with Crippen molar-refractivity contribution >= 4 is 23.9 Å². The molecule has 1 aromatic carbocycles. The summed E-state index contributed by atoms with van der Waals surface area (Å²) in [7, 11) is 0. The van der Waals surface area contributed by atoms with Gasteiger partial charge in [-0.05, 0) is 23.8 Å². The number of carboxylic acid groups (broad SMARTS) is 2. The first-order chi connectivity index (χ1) is 9.79. The minimum Gasteiger partial charge on any atom is -0.504 e. The largest absolute Gasteiger partial charge is 0.504 e. The average molecular weight is 295 g/mol. The van der Waals surface area contributed by atoms with Crippen LogP contribution in [0.1, 0.15) is 12.0 Å². The summed E-state index contributed by atoms with van der Waals surface area (Å²) in [6.07, 6.45) is 1.52. The summed E-state index contributed by atoms with van der Waals surface area (Å²) in [4.78, 5) is 32.7. The highest BCUT2D eigenvalue weighted by Gasteiger charge is 2.21. The van der Waals surface area contributed by atoms with Crippen LogP contribution in [0.3, 0.4) is 0 Å². The molecule has 0 aliphatic carbocycles. The molecule has 1 rings (SSSR count). The molecule has 112 valence electrons. The molecule has 1 amide bonds. The Hall–Kier alpha value is -3.03. The van der Waals surface area contributed by atoms with E-state index in [9.17, 15) is 19.5 Å². The lowest BCUT2D eigenvalue weighted by Crippen LogP contribution is -2.41. The molecule has 8 nitrogen and oxygen atoms in total. The Morgan fingerprint density at radius 2 is 1.81 bits per heavy atom. The number of phenolic OH excluding ortho intramolecular Hbond substituents is 2. The van der Waals surface area contributed by atoms with Crippen LogP contribution in [0.4, 0.5) is 0 Å². The summed E-state index contributed by atoms with van der Waals surface area (Å²) in [5.41, 5.74) is 0.394. The molecule has 0 saturated carbocycles. The Kier molecular flexibility index (Phi) is 5.30. The van der Waals surface area contributed by atoms with Gasteiger partial charge in [-0.15, -0.1) is 0 Å². The lowest BCUT2D eigenvalue weighted by Gasteiger charge is -2.10. The first-order valence-electron chi connectivity index (χ1n) is 5.74. The number of phenols is 2. The predicted octanol–water partition coefficient (Wildman–Crippen LogP) is 0.155. The fraction of sp³-hybridized carbons (Fsp3) is 0.154. The summed E-state index contributed by atoms with van der Waals surface area (Å²) in [6, 6.07) is 2.31. The highest BCUT2D eigenvalue weighted by atomic mass is 16.4. The maximum absolute atomic E-state index is 11.5.